The number of nitrogens with one attached hydrogen (secondary N) is 1. The van der Waals surface area contributed by atoms with Crippen LogP contribution in [0.4, 0.5) is 11.5 Å². The Hall–Kier alpha value is -1.51. The fraction of sp³-hybridized carbons (Fsp3) is 0.556. The molecule has 9 heteroatoms. The highest BCUT2D eigenvalue weighted by atomic mass is 35.5. The minimum atomic E-state index is -0.632. The van der Waals surface area contributed by atoms with Gasteiger partial charge in [0.25, 0.3) is 0 Å². The first kappa shape index (κ1) is 14.6. The molecule has 0 aromatic carbocycles. The van der Waals surface area contributed by atoms with Crippen molar-refractivity contribution in [2.75, 3.05) is 31.7 Å². The summed E-state index contributed by atoms with van der Waals surface area (Å²) in [7, 11) is 0. The smallest absolute Gasteiger partial charge is 0.348 e. The van der Waals surface area contributed by atoms with Crippen molar-refractivity contribution in [3.63, 3.8) is 0 Å². The quantitative estimate of drug-likeness (QED) is 0.313. The number of nitrogens with zero attached hydrogens (tertiary/aromatic N) is 3. The molecule has 0 amide bonds. The molecule has 0 aliphatic heterocycles. The lowest BCUT2D eigenvalue weighted by atomic mass is 10.4. The summed E-state index contributed by atoms with van der Waals surface area (Å²) in [5.41, 5.74) is -0.338. The second-order valence-corrected chi connectivity index (χ2v) is 3.59. The number of halogens is 1. The summed E-state index contributed by atoms with van der Waals surface area (Å²) in [4.78, 5) is 17.4. The molecule has 0 aliphatic carbocycles. The Morgan fingerprint density at radius 1 is 1.50 bits per heavy atom. The van der Waals surface area contributed by atoms with Crippen LogP contribution in [0.3, 0.4) is 0 Å². The van der Waals surface area contributed by atoms with Crippen molar-refractivity contribution in [2.45, 2.75) is 6.42 Å². The third-order valence-corrected chi connectivity index (χ3v) is 2.23. The van der Waals surface area contributed by atoms with E-state index in [4.69, 9.17) is 21.4 Å². The molecular formula is C9H13ClN4O4. The molecule has 0 bridgehead atoms. The number of aromatic nitrogens is 2. The van der Waals surface area contributed by atoms with Crippen LogP contribution in [0.15, 0.2) is 6.33 Å². The van der Waals surface area contributed by atoms with E-state index < -0.39 is 4.92 Å². The van der Waals surface area contributed by atoms with Gasteiger partial charge in [0, 0.05) is 13.2 Å². The third-order valence-electron chi connectivity index (χ3n) is 1.95. The van der Waals surface area contributed by atoms with Gasteiger partial charge in [0.1, 0.15) is 6.33 Å². The summed E-state index contributed by atoms with van der Waals surface area (Å²) in [5, 5.41) is 21.8. The standard InChI is InChI=1S/C9H13ClN4O4/c10-8-7(14(16)17)9(13-6-12-8)11-2-1-4-18-5-3-15/h6,15H,1-5H2,(H,11,12,13). The van der Waals surface area contributed by atoms with Gasteiger partial charge in [-0.05, 0) is 6.42 Å². The molecule has 0 aliphatic rings. The highest BCUT2D eigenvalue weighted by Gasteiger charge is 2.20. The summed E-state index contributed by atoms with van der Waals surface area (Å²) >= 11 is 5.62. The van der Waals surface area contributed by atoms with Crippen molar-refractivity contribution in [1.82, 2.24) is 9.97 Å². The van der Waals surface area contributed by atoms with Gasteiger partial charge in [-0.3, -0.25) is 10.1 Å². The number of nitro groups is 1. The highest BCUT2D eigenvalue weighted by molar-refractivity contribution is 6.31. The van der Waals surface area contributed by atoms with E-state index in [1.54, 1.807) is 0 Å². The van der Waals surface area contributed by atoms with Crippen LogP contribution in [-0.4, -0.2) is 46.4 Å². The molecule has 0 saturated carbocycles. The zero-order chi connectivity index (χ0) is 13.4. The van der Waals surface area contributed by atoms with Gasteiger partial charge in [0.15, 0.2) is 0 Å². The molecule has 1 aromatic rings. The van der Waals surface area contributed by atoms with Gasteiger partial charge < -0.3 is 15.2 Å². The molecule has 0 spiro atoms. The number of aliphatic hydroxyl groups is 1. The predicted octanol–water partition coefficient (Wildman–Crippen LogP) is 0.849. The predicted molar refractivity (Wildman–Crippen MR) is 64.7 cm³/mol. The fourth-order valence-electron chi connectivity index (χ4n) is 1.20. The molecule has 1 heterocycles. The van der Waals surface area contributed by atoms with E-state index in [0.717, 1.165) is 6.33 Å². The summed E-state index contributed by atoms with van der Waals surface area (Å²) < 4.78 is 5.04. The topological polar surface area (TPSA) is 110 Å². The number of anilines is 1. The van der Waals surface area contributed by atoms with Crippen LogP contribution in [0.1, 0.15) is 6.42 Å². The van der Waals surface area contributed by atoms with E-state index in [1.807, 2.05) is 0 Å². The lowest BCUT2D eigenvalue weighted by molar-refractivity contribution is -0.384. The van der Waals surface area contributed by atoms with Crippen LogP contribution in [0, 0.1) is 10.1 Å². The van der Waals surface area contributed by atoms with Crippen LogP contribution in [0.25, 0.3) is 0 Å². The number of ether oxygens (including phenoxy) is 1. The zero-order valence-corrected chi connectivity index (χ0v) is 10.3. The van der Waals surface area contributed by atoms with Crippen molar-refractivity contribution in [1.29, 1.82) is 0 Å². The van der Waals surface area contributed by atoms with Crippen LogP contribution in [0.5, 0.6) is 0 Å². The number of rotatable bonds is 8. The molecule has 100 valence electrons. The Labute approximate surface area is 108 Å². The van der Waals surface area contributed by atoms with E-state index in [1.165, 1.54) is 0 Å². The van der Waals surface area contributed by atoms with Gasteiger partial charge in [0.05, 0.1) is 18.1 Å². The SMILES string of the molecule is O=[N+]([O-])c1c(Cl)ncnc1NCCCOCCO. The number of hydrogen-bond acceptors (Lipinski definition) is 7. The molecule has 1 aromatic heterocycles. The maximum atomic E-state index is 10.8. The minimum absolute atomic E-state index is 0.0274. The molecule has 0 radical (unpaired) electrons. The normalized spacial score (nSPS) is 10.3. The first-order valence-corrected chi connectivity index (χ1v) is 5.62. The summed E-state index contributed by atoms with van der Waals surface area (Å²) in [6.45, 7) is 1.14. The van der Waals surface area contributed by atoms with Crippen LogP contribution >= 0.6 is 11.6 Å². The van der Waals surface area contributed by atoms with E-state index in [-0.39, 0.29) is 29.9 Å². The summed E-state index contributed by atoms with van der Waals surface area (Å²) in [6, 6.07) is 0. The summed E-state index contributed by atoms with van der Waals surface area (Å²) in [5.74, 6) is 0.0853. The van der Waals surface area contributed by atoms with Gasteiger partial charge in [0.2, 0.25) is 11.0 Å². The van der Waals surface area contributed by atoms with Gasteiger partial charge in [-0.1, -0.05) is 11.6 Å². The largest absolute Gasteiger partial charge is 0.394 e. The second kappa shape index (κ2) is 7.75. The molecule has 0 fully saturated rings. The maximum absolute atomic E-state index is 10.8. The highest BCUT2D eigenvalue weighted by Crippen LogP contribution is 2.27. The van der Waals surface area contributed by atoms with E-state index in [2.05, 4.69) is 15.3 Å². The van der Waals surface area contributed by atoms with Crippen molar-refractivity contribution in [2.24, 2.45) is 0 Å². The number of aliphatic hydroxyl groups excluding tert-OH is 1. The van der Waals surface area contributed by atoms with Crippen molar-refractivity contribution >= 4 is 23.1 Å². The third kappa shape index (κ3) is 4.40. The van der Waals surface area contributed by atoms with Gasteiger partial charge in [-0.25, -0.2) is 9.97 Å². The Morgan fingerprint density at radius 3 is 2.94 bits per heavy atom. The van der Waals surface area contributed by atoms with Crippen molar-refractivity contribution in [3.8, 4) is 0 Å². The molecule has 0 saturated heterocycles. The molecule has 18 heavy (non-hydrogen) atoms. The van der Waals surface area contributed by atoms with Crippen LogP contribution < -0.4 is 5.32 Å². The van der Waals surface area contributed by atoms with Gasteiger partial charge in [-0.2, -0.15) is 0 Å². The fourth-order valence-corrected chi connectivity index (χ4v) is 1.40. The average Bonchev–Trinajstić information content (AvgIpc) is 2.33. The Kier molecular flexibility index (Phi) is 6.26. The molecular weight excluding hydrogens is 264 g/mol. The van der Waals surface area contributed by atoms with Gasteiger partial charge in [-0.15, -0.1) is 0 Å². The molecule has 1 rings (SSSR count). The van der Waals surface area contributed by atoms with E-state index in [0.29, 0.717) is 19.6 Å². The maximum Gasteiger partial charge on any atom is 0.348 e. The van der Waals surface area contributed by atoms with Crippen molar-refractivity contribution < 1.29 is 14.8 Å². The molecule has 0 atom stereocenters. The van der Waals surface area contributed by atoms with E-state index in [9.17, 15) is 10.1 Å². The minimum Gasteiger partial charge on any atom is -0.394 e. The Balaban J connectivity index is 2.47. The van der Waals surface area contributed by atoms with Crippen LogP contribution in [-0.2, 0) is 4.74 Å². The van der Waals surface area contributed by atoms with Gasteiger partial charge >= 0.3 is 5.69 Å². The Bertz CT molecular complexity index is 404. The lowest BCUT2D eigenvalue weighted by Crippen LogP contribution is -2.10. The van der Waals surface area contributed by atoms with Crippen LogP contribution in [0.2, 0.25) is 5.15 Å². The average molecular weight is 277 g/mol. The molecule has 8 nitrogen and oxygen atoms in total. The zero-order valence-electron chi connectivity index (χ0n) is 9.50. The Morgan fingerprint density at radius 2 is 2.28 bits per heavy atom. The first-order chi connectivity index (χ1) is 8.66. The first-order valence-electron chi connectivity index (χ1n) is 5.24. The lowest BCUT2D eigenvalue weighted by Gasteiger charge is -2.06. The monoisotopic (exact) mass is 276 g/mol. The van der Waals surface area contributed by atoms with Crippen molar-refractivity contribution in [3.05, 3.63) is 21.6 Å². The summed E-state index contributed by atoms with van der Waals surface area (Å²) in [6.07, 6.45) is 1.78. The second-order valence-electron chi connectivity index (χ2n) is 3.24. The number of hydrogen-bond donors (Lipinski definition) is 2. The molecule has 2 N–H and O–H groups in total. The molecule has 0 unspecified atom stereocenters. The van der Waals surface area contributed by atoms with E-state index >= 15 is 0 Å².